The summed E-state index contributed by atoms with van der Waals surface area (Å²) in [5.74, 6) is -1.01. The van der Waals surface area contributed by atoms with Gasteiger partial charge >= 0.3 is 0 Å². The summed E-state index contributed by atoms with van der Waals surface area (Å²) in [6.45, 7) is 2.27. The summed E-state index contributed by atoms with van der Waals surface area (Å²) < 4.78 is 0. The van der Waals surface area contributed by atoms with E-state index in [1.165, 1.54) is 95.6 Å². The molecule has 4 N–H and O–H groups in total. The lowest BCUT2D eigenvalue weighted by Crippen LogP contribution is -2.37. The first-order chi connectivity index (χ1) is 15.5. The summed E-state index contributed by atoms with van der Waals surface area (Å²) >= 11 is 0. The van der Waals surface area contributed by atoms with Crippen molar-refractivity contribution in [3.63, 3.8) is 0 Å². The maximum Gasteiger partial charge on any atom is 0.256 e. The Balaban J connectivity index is 1.89. The van der Waals surface area contributed by atoms with Crippen molar-refractivity contribution in [1.82, 2.24) is 10.6 Å². The van der Waals surface area contributed by atoms with Crippen LogP contribution in [-0.4, -0.2) is 28.7 Å². The zero-order chi connectivity index (χ0) is 23.4. The Labute approximate surface area is 194 Å². The number of carbonyl (C=O) groups is 2. The van der Waals surface area contributed by atoms with Crippen LogP contribution in [0.4, 0.5) is 0 Å². The lowest BCUT2D eigenvalue weighted by molar-refractivity contribution is -0.121. The third-order valence-corrected chi connectivity index (χ3v) is 5.77. The fourth-order valence-corrected chi connectivity index (χ4v) is 3.78. The molecule has 0 aliphatic carbocycles. The molecular weight excluding hydrogens is 404 g/mol. The van der Waals surface area contributed by atoms with Gasteiger partial charge in [0.15, 0.2) is 0 Å². The summed E-state index contributed by atoms with van der Waals surface area (Å²) in [6, 6.07) is 3.76. The number of hydrogen-bond acceptors (Lipinski definition) is 4. The van der Waals surface area contributed by atoms with E-state index in [-0.39, 0.29) is 29.6 Å². The van der Waals surface area contributed by atoms with E-state index in [4.69, 9.17) is 0 Å². The summed E-state index contributed by atoms with van der Waals surface area (Å²) in [5, 5.41) is 24.1. The number of rotatable bonds is 19. The molecular formula is C26H44N2O4. The first-order valence-corrected chi connectivity index (χ1v) is 12.6. The largest absolute Gasteiger partial charge is 0.508 e. The predicted octanol–water partition coefficient (Wildman–Crippen LogP) is 6.16. The van der Waals surface area contributed by atoms with Crippen LogP contribution < -0.4 is 10.6 Å². The van der Waals surface area contributed by atoms with Crippen molar-refractivity contribution in [3.8, 4) is 11.5 Å². The molecule has 0 heterocycles. The Morgan fingerprint density at radius 1 is 0.719 bits per heavy atom. The smallest absolute Gasteiger partial charge is 0.256 e. The first-order valence-electron chi connectivity index (χ1n) is 12.6. The molecule has 0 saturated carbocycles. The van der Waals surface area contributed by atoms with Crippen LogP contribution in [-0.2, 0) is 4.79 Å². The molecule has 0 bridgehead atoms. The van der Waals surface area contributed by atoms with Crippen molar-refractivity contribution in [2.24, 2.45) is 0 Å². The topological polar surface area (TPSA) is 98.7 Å². The lowest BCUT2D eigenvalue weighted by atomic mass is 10.0. The SMILES string of the molecule is CCCCCCCCCCCCCCCCCC(=O)NCNC(=O)c1ccc(O)cc1O. The highest BCUT2D eigenvalue weighted by Gasteiger charge is 2.11. The molecule has 1 aromatic rings. The maximum absolute atomic E-state index is 12.0. The molecule has 6 nitrogen and oxygen atoms in total. The molecule has 6 heteroatoms. The van der Waals surface area contributed by atoms with Crippen molar-refractivity contribution in [2.45, 2.75) is 110 Å². The molecule has 0 fully saturated rings. The van der Waals surface area contributed by atoms with Gasteiger partial charge in [0.2, 0.25) is 5.91 Å². The van der Waals surface area contributed by atoms with Gasteiger partial charge in [-0.25, -0.2) is 0 Å². The fraction of sp³-hybridized carbons (Fsp3) is 0.692. The first kappa shape index (κ1) is 27.8. The summed E-state index contributed by atoms with van der Waals surface area (Å²) in [7, 11) is 0. The third kappa shape index (κ3) is 13.9. The lowest BCUT2D eigenvalue weighted by Gasteiger charge is -2.09. The van der Waals surface area contributed by atoms with Crippen LogP contribution in [0.1, 0.15) is 120 Å². The zero-order valence-corrected chi connectivity index (χ0v) is 20.0. The van der Waals surface area contributed by atoms with E-state index in [0.29, 0.717) is 6.42 Å². The molecule has 0 unspecified atom stereocenters. The number of unbranched alkanes of at least 4 members (excludes halogenated alkanes) is 14. The minimum atomic E-state index is -0.505. The van der Waals surface area contributed by atoms with Gasteiger partial charge in [0.05, 0.1) is 12.2 Å². The quantitative estimate of drug-likeness (QED) is 0.150. The normalized spacial score (nSPS) is 10.8. The number of nitrogens with one attached hydrogen (secondary N) is 2. The second kappa shape index (κ2) is 18.3. The number of aromatic hydroxyl groups is 2. The van der Waals surface area contributed by atoms with Gasteiger partial charge in [0.1, 0.15) is 11.5 Å². The van der Waals surface area contributed by atoms with Crippen molar-refractivity contribution in [2.75, 3.05) is 6.67 Å². The molecule has 1 aromatic carbocycles. The maximum atomic E-state index is 12.0. The Morgan fingerprint density at radius 2 is 1.22 bits per heavy atom. The monoisotopic (exact) mass is 448 g/mol. The Hall–Kier alpha value is -2.24. The molecule has 182 valence electrons. The second-order valence-electron chi connectivity index (χ2n) is 8.68. The van der Waals surface area contributed by atoms with Gasteiger partial charge in [-0.3, -0.25) is 9.59 Å². The van der Waals surface area contributed by atoms with Crippen LogP contribution in [0.3, 0.4) is 0 Å². The molecule has 32 heavy (non-hydrogen) atoms. The van der Waals surface area contributed by atoms with Crippen LogP contribution in [0, 0.1) is 0 Å². The standard InChI is InChI=1S/C26H44N2O4/c1-2-3-4-5-6-7-8-9-10-11-12-13-14-15-16-17-25(31)27-21-28-26(32)23-19-18-22(29)20-24(23)30/h18-20,29-30H,2-17,21H2,1H3,(H,27,31)(H,28,32). The number of carbonyl (C=O) groups excluding carboxylic acids is 2. The average Bonchev–Trinajstić information content (AvgIpc) is 2.76. The van der Waals surface area contributed by atoms with Gasteiger partial charge in [-0.2, -0.15) is 0 Å². The van der Waals surface area contributed by atoms with Gasteiger partial charge in [-0.05, 0) is 18.6 Å². The molecule has 0 aliphatic heterocycles. The van der Waals surface area contributed by atoms with Crippen LogP contribution in [0.15, 0.2) is 18.2 Å². The highest BCUT2D eigenvalue weighted by molar-refractivity contribution is 5.97. The van der Waals surface area contributed by atoms with E-state index in [0.717, 1.165) is 18.9 Å². The molecule has 0 aromatic heterocycles. The molecule has 0 atom stereocenters. The molecule has 0 saturated heterocycles. The fourth-order valence-electron chi connectivity index (χ4n) is 3.78. The van der Waals surface area contributed by atoms with Gasteiger partial charge in [-0.15, -0.1) is 0 Å². The Kier molecular flexibility index (Phi) is 15.9. The van der Waals surface area contributed by atoms with Crippen molar-refractivity contribution < 1.29 is 19.8 Å². The van der Waals surface area contributed by atoms with Gasteiger partial charge < -0.3 is 20.8 Å². The second-order valence-corrected chi connectivity index (χ2v) is 8.68. The van der Waals surface area contributed by atoms with Crippen LogP contribution in [0.2, 0.25) is 0 Å². The van der Waals surface area contributed by atoms with Crippen LogP contribution in [0.25, 0.3) is 0 Å². The summed E-state index contributed by atoms with van der Waals surface area (Å²) in [6.07, 6.45) is 19.8. The van der Waals surface area contributed by atoms with Gasteiger partial charge in [0.25, 0.3) is 5.91 Å². The predicted molar refractivity (Wildman–Crippen MR) is 130 cm³/mol. The Morgan fingerprint density at radius 3 is 1.72 bits per heavy atom. The van der Waals surface area contributed by atoms with Gasteiger partial charge in [-0.1, -0.05) is 96.8 Å². The number of hydrogen-bond donors (Lipinski definition) is 4. The number of benzene rings is 1. The van der Waals surface area contributed by atoms with Crippen LogP contribution >= 0.6 is 0 Å². The molecule has 2 amide bonds. The molecule has 1 rings (SSSR count). The zero-order valence-electron chi connectivity index (χ0n) is 20.0. The Bertz CT molecular complexity index is 649. The van der Waals surface area contributed by atoms with Crippen molar-refractivity contribution in [3.05, 3.63) is 23.8 Å². The van der Waals surface area contributed by atoms with Crippen molar-refractivity contribution >= 4 is 11.8 Å². The highest BCUT2D eigenvalue weighted by Crippen LogP contribution is 2.22. The highest BCUT2D eigenvalue weighted by atomic mass is 16.3. The van der Waals surface area contributed by atoms with E-state index < -0.39 is 5.91 Å². The minimum Gasteiger partial charge on any atom is -0.508 e. The van der Waals surface area contributed by atoms with Crippen LogP contribution in [0.5, 0.6) is 11.5 Å². The molecule has 0 aliphatic rings. The third-order valence-electron chi connectivity index (χ3n) is 5.77. The summed E-state index contributed by atoms with van der Waals surface area (Å²) in [5.41, 5.74) is 0.0551. The molecule has 0 spiro atoms. The number of amides is 2. The summed E-state index contributed by atoms with van der Waals surface area (Å²) in [4.78, 5) is 23.8. The van der Waals surface area contributed by atoms with Gasteiger partial charge in [0, 0.05) is 12.5 Å². The van der Waals surface area contributed by atoms with E-state index in [9.17, 15) is 19.8 Å². The van der Waals surface area contributed by atoms with E-state index >= 15 is 0 Å². The van der Waals surface area contributed by atoms with E-state index in [1.807, 2.05) is 0 Å². The van der Waals surface area contributed by atoms with E-state index in [2.05, 4.69) is 17.6 Å². The average molecular weight is 449 g/mol. The number of phenols is 2. The molecule has 0 radical (unpaired) electrons. The minimum absolute atomic E-state index is 0.0106. The van der Waals surface area contributed by atoms with Crippen molar-refractivity contribution in [1.29, 1.82) is 0 Å². The van der Waals surface area contributed by atoms with E-state index in [1.54, 1.807) is 0 Å². The number of phenolic OH excluding ortho intramolecular Hbond substituents is 2.